The van der Waals surface area contributed by atoms with E-state index in [0.29, 0.717) is 31.2 Å². The van der Waals surface area contributed by atoms with Gasteiger partial charge in [-0.1, -0.05) is 12.1 Å². The van der Waals surface area contributed by atoms with E-state index in [-0.39, 0.29) is 29.7 Å². The summed E-state index contributed by atoms with van der Waals surface area (Å²) in [6.45, 7) is 5.01. The number of sulfonamides is 1. The Balaban J connectivity index is 1.57. The van der Waals surface area contributed by atoms with Crippen molar-refractivity contribution in [1.29, 1.82) is 0 Å². The fraction of sp³-hybridized carbons (Fsp3) is 0.579. The number of ether oxygens (including phenoxy) is 1. The van der Waals surface area contributed by atoms with E-state index >= 15 is 0 Å². The van der Waals surface area contributed by atoms with Crippen LogP contribution in [0.2, 0.25) is 0 Å². The third kappa shape index (κ3) is 4.75. The maximum atomic E-state index is 12.8. The van der Waals surface area contributed by atoms with Crippen LogP contribution in [0.25, 0.3) is 0 Å². The number of rotatable bonds is 7. The summed E-state index contributed by atoms with van der Waals surface area (Å²) in [7, 11) is -3.63. The Morgan fingerprint density at radius 1 is 1.11 bits per heavy atom. The molecule has 0 radical (unpaired) electrons. The quantitative estimate of drug-likeness (QED) is 0.655. The number of ketones is 1. The lowest BCUT2D eigenvalue weighted by Crippen LogP contribution is -2.52. The van der Waals surface area contributed by atoms with Crippen LogP contribution in [0.3, 0.4) is 0 Å². The first kappa shape index (κ1) is 20.0. The van der Waals surface area contributed by atoms with Gasteiger partial charge < -0.3 is 9.64 Å². The summed E-state index contributed by atoms with van der Waals surface area (Å²) in [5, 5.41) is 0. The highest BCUT2D eigenvalue weighted by molar-refractivity contribution is 7.89. The number of Topliss-reactive ketones (excluding diaryl/α,β-unsaturated/α-hetero) is 1. The molecule has 0 bridgehead atoms. The minimum Gasteiger partial charge on any atom is -0.368 e. The molecule has 148 valence electrons. The van der Waals surface area contributed by atoms with Crippen molar-refractivity contribution in [2.75, 3.05) is 32.8 Å². The van der Waals surface area contributed by atoms with Crippen molar-refractivity contribution in [1.82, 2.24) is 9.21 Å². The summed E-state index contributed by atoms with van der Waals surface area (Å²) in [6, 6.07) is 5.95. The molecule has 1 aliphatic heterocycles. The maximum absolute atomic E-state index is 12.8. The van der Waals surface area contributed by atoms with E-state index in [2.05, 4.69) is 0 Å². The summed E-state index contributed by atoms with van der Waals surface area (Å²) in [4.78, 5) is 25.6. The third-order valence-electron chi connectivity index (χ3n) is 5.08. The fourth-order valence-corrected chi connectivity index (χ4v) is 4.48. The highest BCUT2D eigenvalue weighted by Crippen LogP contribution is 2.29. The molecule has 1 aromatic rings. The zero-order valence-corrected chi connectivity index (χ0v) is 16.6. The van der Waals surface area contributed by atoms with Gasteiger partial charge in [-0.25, -0.2) is 8.42 Å². The Labute approximate surface area is 160 Å². The number of hydrogen-bond donors (Lipinski definition) is 0. The molecule has 0 N–H and O–H groups in total. The van der Waals surface area contributed by atoms with Crippen molar-refractivity contribution < 1.29 is 22.7 Å². The summed E-state index contributed by atoms with van der Waals surface area (Å²) >= 11 is 0. The molecule has 2 aliphatic rings. The average Bonchev–Trinajstić information content (AvgIpc) is 3.50. The Bertz CT molecular complexity index is 794. The van der Waals surface area contributed by atoms with E-state index in [1.807, 2.05) is 0 Å². The lowest BCUT2D eigenvalue weighted by atomic mass is 10.2. The molecule has 7 nitrogen and oxygen atoms in total. The van der Waals surface area contributed by atoms with Gasteiger partial charge in [0.15, 0.2) is 5.78 Å². The van der Waals surface area contributed by atoms with Gasteiger partial charge in [-0.05, 0) is 44.7 Å². The molecular weight excluding hydrogens is 368 g/mol. The van der Waals surface area contributed by atoms with E-state index in [4.69, 9.17) is 4.74 Å². The molecule has 27 heavy (non-hydrogen) atoms. The Morgan fingerprint density at radius 2 is 1.70 bits per heavy atom. The Kier molecular flexibility index (Phi) is 5.98. The van der Waals surface area contributed by atoms with Crippen molar-refractivity contribution >= 4 is 21.7 Å². The van der Waals surface area contributed by atoms with Crippen LogP contribution >= 0.6 is 0 Å². The van der Waals surface area contributed by atoms with Gasteiger partial charge in [0.25, 0.3) is 5.91 Å². The van der Waals surface area contributed by atoms with Gasteiger partial charge >= 0.3 is 0 Å². The Morgan fingerprint density at radius 3 is 2.22 bits per heavy atom. The summed E-state index contributed by atoms with van der Waals surface area (Å²) in [5.74, 6) is 0.402. The van der Waals surface area contributed by atoms with Crippen LogP contribution in [0.5, 0.6) is 0 Å². The number of nitrogens with zero attached hydrogens (tertiary/aromatic N) is 2. The van der Waals surface area contributed by atoms with Gasteiger partial charge in [0.2, 0.25) is 10.0 Å². The zero-order chi connectivity index (χ0) is 19.6. The first-order valence-electron chi connectivity index (χ1n) is 9.30. The zero-order valence-electron chi connectivity index (χ0n) is 15.8. The standard InChI is InChI=1S/C19H26N2O5S/c1-14(22)17-5-7-18(8-6-17)27(24,25)21-11-9-20(10-12-21)19(23)15(2)26-13-16-3-4-16/h5-8,15-16H,3-4,9-13H2,1-2H3. The smallest absolute Gasteiger partial charge is 0.251 e. The van der Waals surface area contributed by atoms with Gasteiger partial charge in [-0.2, -0.15) is 4.31 Å². The van der Waals surface area contributed by atoms with Gasteiger partial charge in [-0.3, -0.25) is 9.59 Å². The normalized spacial score (nSPS) is 19.7. The van der Waals surface area contributed by atoms with Gasteiger partial charge in [-0.15, -0.1) is 0 Å². The minimum absolute atomic E-state index is 0.0847. The Hall–Kier alpha value is -1.77. The van der Waals surface area contributed by atoms with Crippen molar-refractivity contribution in [3.63, 3.8) is 0 Å². The highest BCUT2D eigenvalue weighted by Gasteiger charge is 2.32. The van der Waals surface area contributed by atoms with E-state index in [1.165, 1.54) is 48.3 Å². The monoisotopic (exact) mass is 394 g/mol. The van der Waals surface area contributed by atoms with Crippen LogP contribution in [-0.4, -0.2) is 68.2 Å². The highest BCUT2D eigenvalue weighted by atomic mass is 32.2. The number of carbonyl (C=O) groups excluding carboxylic acids is 2. The molecule has 1 heterocycles. The number of piperazine rings is 1. The summed E-state index contributed by atoms with van der Waals surface area (Å²) < 4.78 is 32.6. The second-order valence-corrected chi connectivity index (χ2v) is 9.17. The molecular formula is C19H26N2O5S. The van der Waals surface area contributed by atoms with Crippen molar-refractivity contribution in [2.45, 2.75) is 37.7 Å². The van der Waals surface area contributed by atoms with Crippen LogP contribution in [0.1, 0.15) is 37.0 Å². The van der Waals surface area contributed by atoms with Crippen molar-refractivity contribution in [3.05, 3.63) is 29.8 Å². The van der Waals surface area contributed by atoms with Gasteiger partial charge in [0.05, 0.1) is 11.5 Å². The molecule has 2 fully saturated rings. The van der Waals surface area contributed by atoms with Crippen molar-refractivity contribution in [3.8, 4) is 0 Å². The summed E-state index contributed by atoms with van der Waals surface area (Å²) in [5.41, 5.74) is 0.476. The number of carbonyl (C=O) groups is 2. The molecule has 3 rings (SSSR count). The van der Waals surface area contributed by atoms with Crippen LogP contribution < -0.4 is 0 Å². The van der Waals surface area contributed by atoms with Crippen LogP contribution in [-0.2, 0) is 19.6 Å². The second-order valence-electron chi connectivity index (χ2n) is 7.23. The first-order chi connectivity index (χ1) is 12.8. The molecule has 1 unspecified atom stereocenters. The molecule has 0 spiro atoms. The molecule has 1 aliphatic carbocycles. The van der Waals surface area contributed by atoms with Crippen LogP contribution in [0, 0.1) is 5.92 Å². The number of amides is 1. The lowest BCUT2D eigenvalue weighted by Gasteiger charge is -2.35. The molecule has 1 saturated heterocycles. The van der Waals surface area contributed by atoms with E-state index < -0.39 is 16.1 Å². The van der Waals surface area contributed by atoms with E-state index in [0.717, 1.165) is 0 Å². The number of benzene rings is 1. The van der Waals surface area contributed by atoms with Crippen molar-refractivity contribution in [2.24, 2.45) is 5.92 Å². The largest absolute Gasteiger partial charge is 0.368 e. The maximum Gasteiger partial charge on any atom is 0.251 e. The minimum atomic E-state index is -3.63. The van der Waals surface area contributed by atoms with Gasteiger partial charge in [0, 0.05) is 31.7 Å². The topological polar surface area (TPSA) is 84.0 Å². The second kappa shape index (κ2) is 8.08. The summed E-state index contributed by atoms with van der Waals surface area (Å²) in [6.07, 6.45) is 1.85. The molecule has 1 amide bonds. The van der Waals surface area contributed by atoms with Gasteiger partial charge in [0.1, 0.15) is 6.10 Å². The van der Waals surface area contributed by atoms with E-state index in [9.17, 15) is 18.0 Å². The van der Waals surface area contributed by atoms with Crippen LogP contribution in [0.15, 0.2) is 29.2 Å². The molecule has 1 atom stereocenters. The van der Waals surface area contributed by atoms with E-state index in [1.54, 1.807) is 11.8 Å². The molecule has 8 heteroatoms. The predicted molar refractivity (Wildman–Crippen MR) is 99.9 cm³/mol. The lowest BCUT2D eigenvalue weighted by molar-refractivity contribution is -0.144. The predicted octanol–water partition coefficient (Wildman–Crippen LogP) is 1.54. The third-order valence-corrected chi connectivity index (χ3v) is 6.99. The first-order valence-corrected chi connectivity index (χ1v) is 10.7. The molecule has 1 aromatic carbocycles. The molecule has 1 saturated carbocycles. The van der Waals surface area contributed by atoms with Crippen LogP contribution in [0.4, 0.5) is 0 Å². The average molecular weight is 394 g/mol. The number of hydrogen-bond acceptors (Lipinski definition) is 5. The fourth-order valence-electron chi connectivity index (χ4n) is 3.05. The SMILES string of the molecule is CC(=O)c1ccc(S(=O)(=O)N2CCN(C(=O)C(C)OCC3CC3)CC2)cc1. The molecule has 0 aromatic heterocycles.